The van der Waals surface area contributed by atoms with E-state index >= 15 is 0 Å². The third-order valence-corrected chi connectivity index (χ3v) is 9.59. The summed E-state index contributed by atoms with van der Waals surface area (Å²) >= 11 is 8.02. The molecule has 1 aromatic carbocycles. The molecule has 3 N–H and O–H groups in total. The zero-order valence-corrected chi connectivity index (χ0v) is 25.4. The Labute approximate surface area is 251 Å². The average molecular weight is 630 g/mol. The highest BCUT2D eigenvalue weighted by molar-refractivity contribution is 7.98. The Bertz CT molecular complexity index is 1410. The molecular formula is C29H35ClF3N3O5S. The minimum atomic E-state index is -4.59. The van der Waals surface area contributed by atoms with Crippen molar-refractivity contribution in [1.29, 1.82) is 0 Å². The van der Waals surface area contributed by atoms with Crippen molar-refractivity contribution in [2.24, 2.45) is 5.92 Å². The number of H-pyrrole nitrogens is 1. The summed E-state index contributed by atoms with van der Waals surface area (Å²) in [5.41, 5.74) is 1.91. The molecule has 1 atom stereocenters. The van der Waals surface area contributed by atoms with E-state index in [9.17, 15) is 22.8 Å². The lowest BCUT2D eigenvalue weighted by molar-refractivity contribution is -0.352. The molecule has 2 aliphatic carbocycles. The van der Waals surface area contributed by atoms with E-state index in [0.717, 1.165) is 36.3 Å². The van der Waals surface area contributed by atoms with Crippen LogP contribution in [0.2, 0.25) is 5.02 Å². The molecule has 13 heteroatoms. The van der Waals surface area contributed by atoms with Gasteiger partial charge in [-0.15, -0.1) is 24.9 Å². The normalized spacial score (nSPS) is 27.0. The molecule has 5 rings (SSSR count). The molecule has 1 amide bonds. The molecule has 2 aromatic rings. The molecule has 1 unspecified atom stereocenters. The second-order valence-corrected chi connectivity index (χ2v) is 12.7. The lowest BCUT2D eigenvalue weighted by Crippen LogP contribution is -2.52. The largest absolute Gasteiger partial charge is 0.522 e. The number of halogens is 4. The number of aromatic nitrogens is 1. The number of ether oxygens (including phenoxy) is 3. The maximum atomic E-state index is 13.2. The van der Waals surface area contributed by atoms with E-state index in [2.05, 4.69) is 20.4 Å². The standard InChI is InChI=1S/C29H35ClF3N3O5S/c1-14-9-23(42-4)21(27(38)35-14)13-34-26(37)20-12-22(30)25-24(15(20)2)40-28(3,41-25)16-5-7-17(8-6-16)36-18-10-19(11-18)39-29(31,32)33/h9,12,16-19,36H,5-8,10-11,13H2,1-4H3,(H,34,37)(H,35,38). The average Bonchev–Trinajstić information content (AvgIpc) is 3.27. The number of aryl methyl sites for hydroxylation is 1. The summed E-state index contributed by atoms with van der Waals surface area (Å²) in [6, 6.07) is 3.67. The molecule has 2 fully saturated rings. The van der Waals surface area contributed by atoms with Gasteiger partial charge in [0.25, 0.3) is 17.3 Å². The first-order valence-corrected chi connectivity index (χ1v) is 15.6. The monoisotopic (exact) mass is 629 g/mol. The maximum Gasteiger partial charge on any atom is 0.522 e. The fourth-order valence-electron chi connectivity index (χ4n) is 6.15. The minimum Gasteiger partial charge on any atom is -0.448 e. The van der Waals surface area contributed by atoms with Crippen LogP contribution in [0.3, 0.4) is 0 Å². The molecule has 1 aromatic heterocycles. The fourth-order valence-corrected chi connectivity index (χ4v) is 7.09. The van der Waals surface area contributed by atoms with Crippen LogP contribution in [0.15, 0.2) is 21.8 Å². The fraction of sp³-hybridized carbons (Fsp3) is 0.586. The van der Waals surface area contributed by atoms with E-state index in [1.807, 2.05) is 26.2 Å². The highest BCUT2D eigenvalue weighted by Gasteiger charge is 2.48. The van der Waals surface area contributed by atoms with E-state index < -0.39 is 18.3 Å². The third-order valence-electron chi connectivity index (χ3n) is 8.50. The van der Waals surface area contributed by atoms with Crippen molar-refractivity contribution in [3.05, 3.63) is 49.9 Å². The lowest BCUT2D eigenvalue weighted by Gasteiger charge is -2.41. The number of aromatic amines is 1. The van der Waals surface area contributed by atoms with E-state index in [4.69, 9.17) is 21.1 Å². The van der Waals surface area contributed by atoms with Crippen molar-refractivity contribution in [2.75, 3.05) is 6.26 Å². The number of hydrogen-bond donors (Lipinski definition) is 3. The smallest absolute Gasteiger partial charge is 0.448 e. The number of alkyl halides is 3. The molecule has 230 valence electrons. The number of benzene rings is 1. The summed E-state index contributed by atoms with van der Waals surface area (Å²) in [6.45, 7) is 5.52. The Morgan fingerprint density at radius 1 is 1.14 bits per heavy atom. The summed E-state index contributed by atoms with van der Waals surface area (Å²) in [6.07, 6.45) is 0.487. The highest BCUT2D eigenvalue weighted by Crippen LogP contribution is 2.51. The van der Waals surface area contributed by atoms with E-state index in [1.54, 1.807) is 13.0 Å². The van der Waals surface area contributed by atoms with Crippen LogP contribution < -0.4 is 25.7 Å². The SMILES string of the molecule is CSc1cc(C)[nH]c(=O)c1CNC(=O)c1cc(Cl)c2c(c1C)OC(C)(C1CCC(NC3CC(OC(F)(F)F)C3)CC1)O2. The molecule has 0 bridgehead atoms. The molecule has 8 nitrogen and oxygen atoms in total. The van der Waals surface area contributed by atoms with Crippen molar-refractivity contribution < 1.29 is 32.2 Å². The first-order valence-electron chi connectivity index (χ1n) is 14.0. The molecule has 2 saturated carbocycles. The third kappa shape index (κ3) is 6.56. The van der Waals surface area contributed by atoms with Gasteiger partial charge in [-0.3, -0.25) is 14.3 Å². The number of hydrogen-bond acceptors (Lipinski definition) is 7. The summed E-state index contributed by atoms with van der Waals surface area (Å²) in [4.78, 5) is 29.3. The highest BCUT2D eigenvalue weighted by atomic mass is 35.5. The van der Waals surface area contributed by atoms with Crippen LogP contribution in [0.1, 0.15) is 72.6 Å². The number of thioether (sulfide) groups is 1. The number of rotatable bonds is 8. The topological polar surface area (TPSA) is 102 Å². The van der Waals surface area contributed by atoms with Crippen LogP contribution in [0.4, 0.5) is 13.2 Å². The van der Waals surface area contributed by atoms with Gasteiger partial charge in [0.2, 0.25) is 0 Å². The van der Waals surface area contributed by atoms with Gasteiger partial charge in [0, 0.05) is 58.7 Å². The van der Waals surface area contributed by atoms with E-state index in [-0.39, 0.29) is 41.0 Å². The van der Waals surface area contributed by atoms with Gasteiger partial charge in [-0.25, -0.2) is 0 Å². The quantitative estimate of drug-likeness (QED) is 0.308. The van der Waals surface area contributed by atoms with Crippen LogP contribution >= 0.6 is 23.4 Å². The van der Waals surface area contributed by atoms with Crippen molar-refractivity contribution in [1.82, 2.24) is 15.6 Å². The summed E-state index contributed by atoms with van der Waals surface area (Å²) < 4.78 is 54.0. The van der Waals surface area contributed by atoms with Crippen molar-refractivity contribution in [2.45, 2.75) is 101 Å². The number of nitrogens with one attached hydrogen (secondary N) is 3. The molecule has 3 aliphatic rings. The second-order valence-electron chi connectivity index (χ2n) is 11.5. The zero-order valence-electron chi connectivity index (χ0n) is 23.9. The van der Waals surface area contributed by atoms with Crippen LogP contribution in [-0.2, 0) is 11.3 Å². The second kappa shape index (κ2) is 11.9. The van der Waals surface area contributed by atoms with Gasteiger partial charge >= 0.3 is 6.36 Å². The Morgan fingerprint density at radius 2 is 1.81 bits per heavy atom. The predicted molar refractivity (Wildman–Crippen MR) is 153 cm³/mol. The number of pyridine rings is 1. The number of carbonyl (C=O) groups is 1. The lowest BCUT2D eigenvalue weighted by atomic mass is 9.80. The number of amides is 1. The molecule has 1 aliphatic heterocycles. The Kier molecular flexibility index (Phi) is 8.82. The van der Waals surface area contributed by atoms with Gasteiger partial charge in [0.1, 0.15) is 0 Å². The Morgan fingerprint density at radius 3 is 2.45 bits per heavy atom. The van der Waals surface area contributed by atoms with Crippen molar-refractivity contribution >= 4 is 29.3 Å². The molecule has 2 heterocycles. The molecule has 42 heavy (non-hydrogen) atoms. The summed E-state index contributed by atoms with van der Waals surface area (Å²) in [7, 11) is 0. The molecule has 0 saturated heterocycles. The Balaban J connectivity index is 1.19. The number of carbonyl (C=O) groups excluding carboxylic acids is 1. The van der Waals surface area contributed by atoms with Crippen molar-refractivity contribution in [3.8, 4) is 11.5 Å². The van der Waals surface area contributed by atoms with Gasteiger partial charge in [0.05, 0.1) is 11.1 Å². The Hall–Kier alpha value is -2.41. The molecule has 0 spiro atoms. The van der Waals surface area contributed by atoms with E-state index in [0.29, 0.717) is 41.0 Å². The van der Waals surface area contributed by atoms with Gasteiger partial charge < -0.3 is 25.1 Å². The van der Waals surface area contributed by atoms with Gasteiger partial charge in [-0.05, 0) is 70.8 Å². The maximum absolute atomic E-state index is 13.2. The van der Waals surface area contributed by atoms with Gasteiger partial charge in [-0.1, -0.05) is 11.6 Å². The van der Waals surface area contributed by atoms with Crippen molar-refractivity contribution in [3.63, 3.8) is 0 Å². The zero-order chi connectivity index (χ0) is 30.4. The van der Waals surface area contributed by atoms with Gasteiger partial charge in [0.15, 0.2) is 11.5 Å². The van der Waals surface area contributed by atoms with Crippen LogP contribution in [0.25, 0.3) is 0 Å². The minimum absolute atomic E-state index is 0.0282. The van der Waals surface area contributed by atoms with Gasteiger partial charge in [-0.2, -0.15) is 0 Å². The van der Waals surface area contributed by atoms with Crippen LogP contribution in [0.5, 0.6) is 11.5 Å². The van der Waals surface area contributed by atoms with Crippen LogP contribution in [-0.4, -0.2) is 47.5 Å². The summed E-state index contributed by atoms with van der Waals surface area (Å²) in [5, 5.41) is 6.57. The summed E-state index contributed by atoms with van der Waals surface area (Å²) in [5.74, 6) is -0.471. The molecule has 0 radical (unpaired) electrons. The number of fused-ring (bicyclic) bond motifs is 1. The predicted octanol–water partition coefficient (Wildman–Crippen LogP) is 6.00. The molecular weight excluding hydrogens is 595 g/mol. The first-order chi connectivity index (χ1) is 19.8. The first kappa shape index (κ1) is 31.0. The van der Waals surface area contributed by atoms with Crippen LogP contribution in [0, 0.1) is 19.8 Å². The van der Waals surface area contributed by atoms with E-state index in [1.165, 1.54) is 11.8 Å².